The summed E-state index contributed by atoms with van der Waals surface area (Å²) < 4.78 is 5.10. The van der Waals surface area contributed by atoms with E-state index >= 15 is 0 Å². The molecule has 0 spiro atoms. The molecular formula is C21H25N5O3S. The van der Waals surface area contributed by atoms with Crippen LogP contribution in [0.2, 0.25) is 0 Å². The highest BCUT2D eigenvalue weighted by atomic mass is 32.1. The molecule has 0 bridgehead atoms. The lowest BCUT2D eigenvalue weighted by Crippen LogP contribution is -2.32. The standard InChI is InChI=1S/C21H25N5O3S/c1-4-6-10-13-25(21-23-15(3)18(30-21)20(28)29-5-2)19(27)17-14-22-26(24-17)16-11-8-7-9-12-16/h7-9,11-12,14H,4-6,10,13H2,1-3H3. The number of rotatable bonds is 9. The van der Waals surface area contributed by atoms with E-state index in [-0.39, 0.29) is 18.2 Å². The SMILES string of the molecule is CCCCCN(C(=O)c1cnn(-c2ccccc2)n1)c1nc(C)c(C(=O)OCC)s1. The summed E-state index contributed by atoms with van der Waals surface area (Å²) in [7, 11) is 0. The van der Waals surface area contributed by atoms with Crippen molar-refractivity contribution in [1.29, 1.82) is 0 Å². The summed E-state index contributed by atoms with van der Waals surface area (Å²) in [6.07, 6.45) is 4.28. The van der Waals surface area contributed by atoms with Crippen LogP contribution in [-0.2, 0) is 4.74 Å². The third-order valence-corrected chi connectivity index (χ3v) is 5.57. The van der Waals surface area contributed by atoms with Crippen LogP contribution in [0.1, 0.15) is 59.0 Å². The summed E-state index contributed by atoms with van der Waals surface area (Å²) in [4.78, 5) is 33.3. The topological polar surface area (TPSA) is 90.2 Å². The maximum atomic E-state index is 13.3. The number of thiazole rings is 1. The molecule has 9 heteroatoms. The Morgan fingerprint density at radius 2 is 1.93 bits per heavy atom. The largest absolute Gasteiger partial charge is 0.462 e. The summed E-state index contributed by atoms with van der Waals surface area (Å²) >= 11 is 1.16. The number of unbranched alkanes of at least 4 members (excludes halogenated alkanes) is 2. The van der Waals surface area contributed by atoms with Gasteiger partial charge in [-0.25, -0.2) is 9.78 Å². The molecule has 0 aliphatic carbocycles. The minimum atomic E-state index is -0.422. The van der Waals surface area contributed by atoms with Crippen molar-refractivity contribution in [2.45, 2.75) is 40.0 Å². The van der Waals surface area contributed by atoms with Crippen molar-refractivity contribution in [3.63, 3.8) is 0 Å². The van der Waals surface area contributed by atoms with E-state index in [1.54, 1.807) is 18.7 Å². The third kappa shape index (κ3) is 4.91. The van der Waals surface area contributed by atoms with Gasteiger partial charge in [0, 0.05) is 6.54 Å². The van der Waals surface area contributed by atoms with Crippen LogP contribution in [0, 0.1) is 6.92 Å². The molecule has 0 fully saturated rings. The number of hydrogen-bond donors (Lipinski definition) is 0. The minimum Gasteiger partial charge on any atom is -0.462 e. The van der Waals surface area contributed by atoms with Crippen LogP contribution >= 0.6 is 11.3 Å². The van der Waals surface area contributed by atoms with Crippen LogP contribution in [0.25, 0.3) is 5.69 Å². The Kier molecular flexibility index (Phi) is 7.29. The Bertz CT molecular complexity index is 999. The highest BCUT2D eigenvalue weighted by molar-refractivity contribution is 7.17. The van der Waals surface area contributed by atoms with Crippen molar-refractivity contribution in [3.8, 4) is 5.69 Å². The molecule has 158 valence electrons. The number of hydrogen-bond acceptors (Lipinski definition) is 7. The fourth-order valence-corrected chi connectivity index (χ4v) is 3.86. The van der Waals surface area contributed by atoms with Gasteiger partial charge in [0.25, 0.3) is 5.91 Å². The predicted octanol–water partition coefficient (Wildman–Crippen LogP) is 4.05. The number of carbonyl (C=O) groups excluding carboxylic acids is 2. The van der Waals surface area contributed by atoms with Crippen LogP contribution in [-0.4, -0.2) is 45.0 Å². The lowest BCUT2D eigenvalue weighted by atomic mass is 10.2. The smallest absolute Gasteiger partial charge is 0.350 e. The molecule has 30 heavy (non-hydrogen) atoms. The van der Waals surface area contributed by atoms with E-state index in [4.69, 9.17) is 4.74 Å². The first kappa shape index (κ1) is 21.6. The summed E-state index contributed by atoms with van der Waals surface area (Å²) in [5.41, 5.74) is 1.54. The van der Waals surface area contributed by atoms with Crippen molar-refractivity contribution >= 4 is 28.3 Å². The van der Waals surface area contributed by atoms with Gasteiger partial charge in [-0.2, -0.15) is 9.90 Å². The molecule has 0 atom stereocenters. The molecule has 1 amide bonds. The van der Waals surface area contributed by atoms with Gasteiger partial charge >= 0.3 is 5.97 Å². The molecule has 1 aromatic carbocycles. The second-order valence-corrected chi connectivity index (χ2v) is 7.63. The van der Waals surface area contributed by atoms with Crippen molar-refractivity contribution in [1.82, 2.24) is 20.0 Å². The predicted molar refractivity (Wildman–Crippen MR) is 115 cm³/mol. The lowest BCUT2D eigenvalue weighted by molar-refractivity contribution is 0.0531. The van der Waals surface area contributed by atoms with Crippen LogP contribution in [0.3, 0.4) is 0 Å². The summed E-state index contributed by atoms with van der Waals surface area (Å²) in [6, 6.07) is 9.39. The first-order valence-electron chi connectivity index (χ1n) is 9.99. The number of aryl methyl sites for hydroxylation is 1. The number of nitrogens with zero attached hydrogens (tertiary/aromatic N) is 5. The quantitative estimate of drug-likeness (QED) is 0.378. The average Bonchev–Trinajstić information content (AvgIpc) is 3.39. The van der Waals surface area contributed by atoms with Gasteiger partial charge in [-0.1, -0.05) is 49.3 Å². The van der Waals surface area contributed by atoms with Gasteiger partial charge in [0.05, 0.1) is 24.2 Å². The number of esters is 1. The van der Waals surface area contributed by atoms with E-state index in [0.717, 1.165) is 36.3 Å². The van der Waals surface area contributed by atoms with Crippen molar-refractivity contribution < 1.29 is 14.3 Å². The Balaban J connectivity index is 1.88. The molecule has 3 rings (SSSR count). The van der Waals surface area contributed by atoms with Crippen molar-refractivity contribution in [2.24, 2.45) is 0 Å². The molecule has 2 heterocycles. The third-order valence-electron chi connectivity index (χ3n) is 4.41. The molecule has 0 aliphatic heterocycles. The number of ether oxygens (including phenoxy) is 1. The summed E-state index contributed by atoms with van der Waals surface area (Å²) in [6.45, 7) is 6.37. The molecule has 0 saturated carbocycles. The van der Waals surface area contributed by atoms with E-state index in [1.807, 2.05) is 30.3 Å². The van der Waals surface area contributed by atoms with Gasteiger partial charge in [0.1, 0.15) is 4.88 Å². The highest BCUT2D eigenvalue weighted by Crippen LogP contribution is 2.28. The van der Waals surface area contributed by atoms with Crippen LogP contribution in [0.15, 0.2) is 36.5 Å². The molecule has 0 unspecified atom stereocenters. The average molecular weight is 428 g/mol. The van der Waals surface area contributed by atoms with E-state index in [9.17, 15) is 9.59 Å². The number of amides is 1. The second kappa shape index (κ2) is 10.1. The molecule has 8 nitrogen and oxygen atoms in total. The minimum absolute atomic E-state index is 0.223. The Hall–Kier alpha value is -3.07. The zero-order valence-corrected chi connectivity index (χ0v) is 18.2. The molecular weight excluding hydrogens is 402 g/mol. The van der Waals surface area contributed by atoms with Crippen LogP contribution < -0.4 is 4.90 Å². The van der Waals surface area contributed by atoms with E-state index in [2.05, 4.69) is 22.1 Å². The number of carbonyl (C=O) groups is 2. The van der Waals surface area contributed by atoms with Crippen molar-refractivity contribution in [2.75, 3.05) is 18.1 Å². The van der Waals surface area contributed by atoms with Crippen LogP contribution in [0.5, 0.6) is 0 Å². The highest BCUT2D eigenvalue weighted by Gasteiger charge is 2.26. The fraction of sp³-hybridized carbons (Fsp3) is 0.381. The molecule has 2 aromatic heterocycles. The molecule has 3 aromatic rings. The summed E-state index contributed by atoms with van der Waals surface area (Å²) in [5.74, 6) is -0.716. The lowest BCUT2D eigenvalue weighted by Gasteiger charge is -2.18. The molecule has 0 saturated heterocycles. The molecule has 0 N–H and O–H groups in total. The number of benzene rings is 1. The van der Waals surface area contributed by atoms with Gasteiger partial charge in [-0.3, -0.25) is 9.69 Å². The van der Waals surface area contributed by atoms with Gasteiger partial charge in [0.2, 0.25) is 0 Å². The van der Waals surface area contributed by atoms with Crippen molar-refractivity contribution in [3.05, 3.63) is 52.8 Å². The zero-order chi connectivity index (χ0) is 21.5. The number of anilines is 1. The molecule has 0 aliphatic rings. The van der Waals surface area contributed by atoms with E-state index < -0.39 is 5.97 Å². The first-order valence-corrected chi connectivity index (χ1v) is 10.8. The Morgan fingerprint density at radius 3 is 2.63 bits per heavy atom. The van der Waals surface area contributed by atoms with Gasteiger partial charge in [-0.15, -0.1) is 5.10 Å². The first-order chi connectivity index (χ1) is 14.5. The zero-order valence-electron chi connectivity index (χ0n) is 17.4. The Morgan fingerprint density at radius 1 is 1.17 bits per heavy atom. The normalized spacial score (nSPS) is 10.8. The molecule has 0 radical (unpaired) electrons. The van der Waals surface area contributed by atoms with E-state index in [0.29, 0.717) is 22.2 Å². The maximum Gasteiger partial charge on any atom is 0.350 e. The fourth-order valence-electron chi connectivity index (χ4n) is 2.87. The Labute approximate surface area is 179 Å². The van der Waals surface area contributed by atoms with Gasteiger partial charge < -0.3 is 4.74 Å². The number of aromatic nitrogens is 4. The van der Waals surface area contributed by atoms with Gasteiger partial charge in [-0.05, 0) is 32.4 Å². The number of para-hydroxylation sites is 1. The van der Waals surface area contributed by atoms with Crippen LogP contribution in [0.4, 0.5) is 5.13 Å². The van der Waals surface area contributed by atoms with E-state index in [1.165, 1.54) is 11.0 Å². The van der Waals surface area contributed by atoms with Gasteiger partial charge in [0.15, 0.2) is 10.8 Å². The maximum absolute atomic E-state index is 13.3. The summed E-state index contributed by atoms with van der Waals surface area (Å²) in [5, 5.41) is 9.03. The second-order valence-electron chi connectivity index (χ2n) is 6.65. The monoisotopic (exact) mass is 427 g/mol.